The molecule has 2 bridgehead atoms. The van der Waals surface area contributed by atoms with Gasteiger partial charge in [0.05, 0.1) is 0 Å². The molecule has 0 aromatic rings. The highest BCUT2D eigenvalue weighted by atomic mass is 14.6. The van der Waals surface area contributed by atoms with Crippen LogP contribution in [0.25, 0.3) is 0 Å². The summed E-state index contributed by atoms with van der Waals surface area (Å²) in [4.78, 5) is 0. The monoisotopic (exact) mass is 208 g/mol. The van der Waals surface area contributed by atoms with Gasteiger partial charge in [-0.2, -0.15) is 0 Å². The van der Waals surface area contributed by atoms with Crippen LogP contribution in [0.15, 0.2) is 0 Å². The lowest BCUT2D eigenvalue weighted by Crippen LogP contribution is -2.39. The molecule has 4 unspecified atom stereocenters. The van der Waals surface area contributed by atoms with Crippen molar-refractivity contribution in [1.29, 1.82) is 0 Å². The highest BCUT2D eigenvalue weighted by Crippen LogP contribution is 2.62. The molecule has 88 valence electrons. The van der Waals surface area contributed by atoms with Gasteiger partial charge in [-0.3, -0.25) is 0 Å². The quantitative estimate of drug-likeness (QED) is 0.539. The molecule has 2 aliphatic carbocycles. The maximum absolute atomic E-state index is 2.46. The van der Waals surface area contributed by atoms with Crippen molar-refractivity contribution in [3.63, 3.8) is 0 Å². The minimum absolute atomic E-state index is 0.512. The Morgan fingerprint density at radius 1 is 0.667 bits per heavy atom. The van der Waals surface area contributed by atoms with Gasteiger partial charge in [0.25, 0.3) is 0 Å². The van der Waals surface area contributed by atoms with E-state index in [4.69, 9.17) is 0 Å². The topological polar surface area (TPSA) is 0 Å². The van der Waals surface area contributed by atoms with Gasteiger partial charge in [-0.05, 0) is 53.8 Å². The van der Waals surface area contributed by atoms with Crippen molar-refractivity contribution in [3.05, 3.63) is 0 Å². The average molecular weight is 208 g/mol. The Labute approximate surface area is 95.8 Å². The molecule has 0 amide bonds. The summed E-state index contributed by atoms with van der Waals surface area (Å²) >= 11 is 0. The van der Waals surface area contributed by atoms with E-state index in [9.17, 15) is 0 Å². The van der Waals surface area contributed by atoms with Crippen LogP contribution in [0.4, 0.5) is 0 Å². The molecule has 0 aromatic carbocycles. The van der Waals surface area contributed by atoms with E-state index in [1.807, 2.05) is 0 Å². The average Bonchev–Trinajstić information content (AvgIpc) is 2.56. The van der Waals surface area contributed by atoms with E-state index < -0.39 is 0 Å². The van der Waals surface area contributed by atoms with E-state index in [1.54, 1.807) is 0 Å². The summed E-state index contributed by atoms with van der Waals surface area (Å²) in [5, 5.41) is 0. The molecule has 4 atom stereocenters. The maximum Gasteiger partial charge on any atom is -0.0301 e. The van der Waals surface area contributed by atoms with Crippen molar-refractivity contribution in [2.45, 2.75) is 60.8 Å². The first-order chi connectivity index (χ1) is 6.71. The Balaban J connectivity index is 2.28. The molecule has 0 N–H and O–H groups in total. The van der Waals surface area contributed by atoms with Crippen LogP contribution < -0.4 is 0 Å². The fourth-order valence-corrected chi connectivity index (χ4v) is 4.78. The number of rotatable bonds is 0. The zero-order chi connectivity index (χ0) is 11.4. The van der Waals surface area contributed by atoms with Crippen LogP contribution in [-0.4, -0.2) is 0 Å². The Kier molecular flexibility index (Phi) is 2.48. The van der Waals surface area contributed by atoms with Gasteiger partial charge in [-0.1, -0.05) is 41.5 Å². The SMILES string of the molecule is CC(C)(C)C1C2CCC(C2)C1C(C)(C)C. The second kappa shape index (κ2) is 3.25. The molecule has 2 saturated carbocycles. The zero-order valence-corrected chi connectivity index (χ0v) is 11.4. The lowest BCUT2D eigenvalue weighted by Gasteiger charge is -2.46. The molecule has 2 fully saturated rings. The van der Waals surface area contributed by atoms with E-state index in [0.29, 0.717) is 10.8 Å². The van der Waals surface area contributed by atoms with Crippen LogP contribution >= 0.6 is 0 Å². The largest absolute Gasteiger partial charge is 0.0599 e. The molecule has 2 aliphatic rings. The van der Waals surface area contributed by atoms with Crippen LogP contribution in [0.1, 0.15) is 60.8 Å². The second-order valence-electron chi connectivity index (χ2n) is 8.12. The predicted molar refractivity (Wildman–Crippen MR) is 66.7 cm³/mol. The molecule has 0 heterocycles. The molecule has 0 heteroatoms. The van der Waals surface area contributed by atoms with Crippen LogP contribution in [0, 0.1) is 34.5 Å². The van der Waals surface area contributed by atoms with E-state index in [2.05, 4.69) is 41.5 Å². The van der Waals surface area contributed by atoms with Gasteiger partial charge in [0, 0.05) is 0 Å². The molecule has 0 spiro atoms. The third kappa shape index (κ3) is 1.85. The van der Waals surface area contributed by atoms with Crippen molar-refractivity contribution in [3.8, 4) is 0 Å². The normalized spacial score (nSPS) is 41.2. The summed E-state index contributed by atoms with van der Waals surface area (Å²) in [6.07, 6.45) is 4.56. The van der Waals surface area contributed by atoms with Gasteiger partial charge in [0.1, 0.15) is 0 Å². The molecule has 0 nitrogen and oxygen atoms in total. The molecular formula is C15H28. The molecule has 0 saturated heterocycles. The summed E-state index contributed by atoms with van der Waals surface area (Å²) in [6, 6.07) is 0. The smallest absolute Gasteiger partial charge is 0.0301 e. The van der Waals surface area contributed by atoms with Crippen LogP contribution in [0.5, 0.6) is 0 Å². The fourth-order valence-electron chi connectivity index (χ4n) is 4.78. The minimum atomic E-state index is 0.512. The van der Waals surface area contributed by atoms with Crippen molar-refractivity contribution < 1.29 is 0 Å². The summed E-state index contributed by atoms with van der Waals surface area (Å²) in [5.41, 5.74) is 1.02. The maximum atomic E-state index is 2.46. The summed E-state index contributed by atoms with van der Waals surface area (Å²) in [7, 11) is 0. The molecule has 0 aromatic heterocycles. The molecular weight excluding hydrogens is 180 g/mol. The standard InChI is InChI=1S/C15H28/c1-14(2,3)12-10-7-8-11(9-10)13(12)15(4,5)6/h10-13H,7-9H2,1-6H3. The Morgan fingerprint density at radius 3 is 1.27 bits per heavy atom. The lowest BCUT2D eigenvalue weighted by molar-refractivity contribution is 0.0245. The third-order valence-corrected chi connectivity index (χ3v) is 4.92. The van der Waals surface area contributed by atoms with Gasteiger partial charge >= 0.3 is 0 Å². The van der Waals surface area contributed by atoms with E-state index in [-0.39, 0.29) is 0 Å². The molecule has 2 rings (SSSR count). The first kappa shape index (κ1) is 11.5. The second-order valence-corrected chi connectivity index (χ2v) is 8.12. The highest BCUT2D eigenvalue weighted by molar-refractivity contribution is 5.03. The highest BCUT2D eigenvalue weighted by Gasteiger charge is 2.54. The number of fused-ring (bicyclic) bond motifs is 2. The fraction of sp³-hybridized carbons (Fsp3) is 1.00. The summed E-state index contributed by atoms with van der Waals surface area (Å²) in [5.74, 6) is 4.02. The number of hydrogen-bond donors (Lipinski definition) is 0. The summed E-state index contributed by atoms with van der Waals surface area (Å²) in [6.45, 7) is 14.7. The Hall–Kier alpha value is 0. The van der Waals surface area contributed by atoms with E-state index in [1.165, 1.54) is 19.3 Å². The van der Waals surface area contributed by atoms with E-state index >= 15 is 0 Å². The van der Waals surface area contributed by atoms with Gasteiger partial charge < -0.3 is 0 Å². The van der Waals surface area contributed by atoms with Gasteiger partial charge in [-0.25, -0.2) is 0 Å². The third-order valence-electron chi connectivity index (χ3n) is 4.92. The van der Waals surface area contributed by atoms with Crippen molar-refractivity contribution >= 4 is 0 Å². The van der Waals surface area contributed by atoms with Gasteiger partial charge in [-0.15, -0.1) is 0 Å². The van der Waals surface area contributed by atoms with Crippen LogP contribution in [-0.2, 0) is 0 Å². The molecule has 0 radical (unpaired) electrons. The lowest BCUT2D eigenvalue weighted by atomic mass is 9.59. The van der Waals surface area contributed by atoms with Crippen LogP contribution in [0.3, 0.4) is 0 Å². The van der Waals surface area contributed by atoms with Crippen molar-refractivity contribution in [1.82, 2.24) is 0 Å². The van der Waals surface area contributed by atoms with Gasteiger partial charge in [0.15, 0.2) is 0 Å². The minimum Gasteiger partial charge on any atom is -0.0599 e. The first-order valence-electron chi connectivity index (χ1n) is 6.71. The molecule has 15 heavy (non-hydrogen) atoms. The number of hydrogen-bond acceptors (Lipinski definition) is 0. The zero-order valence-electron chi connectivity index (χ0n) is 11.4. The van der Waals surface area contributed by atoms with Crippen molar-refractivity contribution in [2.75, 3.05) is 0 Å². The molecule has 0 aliphatic heterocycles. The predicted octanol–water partition coefficient (Wildman–Crippen LogP) is 4.74. The van der Waals surface area contributed by atoms with Crippen LogP contribution in [0.2, 0.25) is 0 Å². The van der Waals surface area contributed by atoms with Gasteiger partial charge in [0.2, 0.25) is 0 Å². The Morgan fingerprint density at radius 2 is 1.00 bits per heavy atom. The van der Waals surface area contributed by atoms with Crippen molar-refractivity contribution in [2.24, 2.45) is 34.5 Å². The first-order valence-corrected chi connectivity index (χ1v) is 6.71. The van der Waals surface area contributed by atoms with E-state index in [0.717, 1.165) is 23.7 Å². The Bertz CT molecular complexity index is 212. The summed E-state index contributed by atoms with van der Waals surface area (Å²) < 4.78 is 0.